The molecule has 0 aromatic rings. The second kappa shape index (κ2) is 5.16. The van der Waals surface area contributed by atoms with Gasteiger partial charge in [0.2, 0.25) is 0 Å². The van der Waals surface area contributed by atoms with E-state index in [4.69, 9.17) is 9.84 Å². The molecule has 0 fully saturated rings. The zero-order valence-corrected chi connectivity index (χ0v) is 8.46. The second-order valence-corrected chi connectivity index (χ2v) is 2.88. The second-order valence-electron chi connectivity index (χ2n) is 2.88. The van der Waals surface area contributed by atoms with Crippen molar-refractivity contribution in [1.82, 2.24) is 5.32 Å². The molecule has 5 heteroatoms. The van der Waals surface area contributed by atoms with E-state index >= 15 is 0 Å². The Morgan fingerprint density at radius 2 is 2.23 bits per heavy atom. The molecule has 13 heavy (non-hydrogen) atoms. The summed E-state index contributed by atoms with van der Waals surface area (Å²) in [6.07, 6.45) is -0.463. The van der Waals surface area contributed by atoms with Crippen LogP contribution in [-0.2, 0) is 14.3 Å². The van der Waals surface area contributed by atoms with Crippen LogP contribution < -0.4 is 5.32 Å². The number of likely N-dealkylation sites (N-methyl/N-ethyl adjacent to an activating group) is 1. The molecule has 78 valence electrons. The molecule has 0 spiro atoms. The third-order valence-corrected chi connectivity index (χ3v) is 2.27. The first-order valence-electron chi connectivity index (χ1n) is 4.02. The molecule has 5 nitrogen and oxygen atoms in total. The van der Waals surface area contributed by atoms with Crippen molar-refractivity contribution < 1.29 is 19.4 Å². The summed E-state index contributed by atoms with van der Waals surface area (Å²) >= 11 is 0. The third kappa shape index (κ3) is 2.65. The lowest BCUT2D eigenvalue weighted by atomic mass is 9.96. The quantitative estimate of drug-likeness (QED) is 0.452. The predicted molar refractivity (Wildman–Crippen MR) is 47.1 cm³/mol. The Morgan fingerprint density at radius 3 is 2.54 bits per heavy atom. The average molecular weight is 191 g/mol. The number of aliphatic hydroxyl groups is 1. The van der Waals surface area contributed by atoms with E-state index in [0.29, 0.717) is 0 Å². The lowest BCUT2D eigenvalue weighted by Gasteiger charge is -2.31. The molecule has 2 atom stereocenters. The highest BCUT2D eigenvalue weighted by molar-refractivity contribution is 5.81. The summed E-state index contributed by atoms with van der Waals surface area (Å²) in [5.41, 5.74) is -0.933. The van der Waals surface area contributed by atoms with Crippen molar-refractivity contribution in [2.45, 2.75) is 25.5 Å². The van der Waals surface area contributed by atoms with E-state index in [9.17, 15) is 4.79 Å². The molecule has 1 unspecified atom stereocenters. The van der Waals surface area contributed by atoms with Gasteiger partial charge >= 0.3 is 5.97 Å². The number of aliphatic hydroxyl groups excluding tert-OH is 1. The van der Waals surface area contributed by atoms with Crippen molar-refractivity contribution >= 4 is 5.97 Å². The molecule has 0 bridgehead atoms. The molecule has 0 aliphatic rings. The van der Waals surface area contributed by atoms with Crippen molar-refractivity contribution in [3.63, 3.8) is 0 Å². The molecule has 0 aliphatic carbocycles. The molecule has 0 saturated carbocycles. The van der Waals surface area contributed by atoms with E-state index in [1.54, 1.807) is 20.9 Å². The van der Waals surface area contributed by atoms with Gasteiger partial charge in [0.15, 0.2) is 0 Å². The first-order valence-corrected chi connectivity index (χ1v) is 4.02. The van der Waals surface area contributed by atoms with Crippen LogP contribution in [0, 0.1) is 0 Å². The highest BCUT2D eigenvalue weighted by atomic mass is 16.6. The molecule has 0 rings (SSSR count). The van der Waals surface area contributed by atoms with Gasteiger partial charge < -0.3 is 19.9 Å². The SMILES string of the molecule is CNC(C)(C(=O)OC)[C@@H](C)OCO. The average Bonchev–Trinajstić information content (AvgIpc) is 2.15. The van der Waals surface area contributed by atoms with E-state index in [1.807, 2.05) is 0 Å². The van der Waals surface area contributed by atoms with E-state index in [0.717, 1.165) is 0 Å². The summed E-state index contributed by atoms with van der Waals surface area (Å²) in [6.45, 7) is 2.91. The summed E-state index contributed by atoms with van der Waals surface area (Å²) in [5.74, 6) is -0.420. The first kappa shape index (κ1) is 12.3. The molecule has 0 saturated heterocycles. The van der Waals surface area contributed by atoms with Gasteiger partial charge in [-0.05, 0) is 20.9 Å². The Morgan fingerprint density at radius 1 is 1.69 bits per heavy atom. The monoisotopic (exact) mass is 191 g/mol. The fourth-order valence-corrected chi connectivity index (χ4v) is 0.962. The third-order valence-electron chi connectivity index (χ3n) is 2.27. The smallest absolute Gasteiger partial charge is 0.328 e. The molecular formula is C8H17NO4. The summed E-state index contributed by atoms with van der Waals surface area (Å²) in [5, 5.41) is 11.4. The molecule has 0 aromatic heterocycles. The molecule has 0 amide bonds. The zero-order chi connectivity index (χ0) is 10.5. The number of esters is 1. The van der Waals surface area contributed by atoms with Crippen LogP contribution in [0.25, 0.3) is 0 Å². The van der Waals surface area contributed by atoms with Crippen LogP contribution in [-0.4, -0.2) is 43.7 Å². The van der Waals surface area contributed by atoms with E-state index in [1.165, 1.54) is 7.11 Å². The Kier molecular flexibility index (Phi) is 4.90. The van der Waals surface area contributed by atoms with Crippen molar-refractivity contribution in [1.29, 1.82) is 0 Å². The minimum atomic E-state index is -0.933. The number of rotatable bonds is 5. The predicted octanol–water partition coefficient (Wildman–Crippen LogP) is -0.508. The number of nitrogens with one attached hydrogen (secondary N) is 1. The van der Waals surface area contributed by atoms with Gasteiger partial charge in [0.25, 0.3) is 0 Å². The normalized spacial score (nSPS) is 17.6. The van der Waals surface area contributed by atoms with E-state index < -0.39 is 24.4 Å². The van der Waals surface area contributed by atoms with Crippen molar-refractivity contribution in [2.24, 2.45) is 0 Å². The van der Waals surface area contributed by atoms with Gasteiger partial charge in [-0.15, -0.1) is 0 Å². The maximum Gasteiger partial charge on any atom is 0.328 e. The highest BCUT2D eigenvalue weighted by Gasteiger charge is 2.39. The maximum absolute atomic E-state index is 11.3. The fourth-order valence-electron chi connectivity index (χ4n) is 0.962. The van der Waals surface area contributed by atoms with Crippen LogP contribution >= 0.6 is 0 Å². The van der Waals surface area contributed by atoms with Gasteiger partial charge in [-0.3, -0.25) is 0 Å². The highest BCUT2D eigenvalue weighted by Crippen LogP contribution is 2.14. The number of ether oxygens (including phenoxy) is 2. The summed E-state index contributed by atoms with van der Waals surface area (Å²) in [6, 6.07) is 0. The Bertz CT molecular complexity index is 174. The largest absolute Gasteiger partial charge is 0.468 e. The zero-order valence-electron chi connectivity index (χ0n) is 8.46. The molecule has 0 aromatic carbocycles. The topological polar surface area (TPSA) is 67.8 Å². The summed E-state index contributed by atoms with van der Waals surface area (Å²) in [7, 11) is 2.94. The van der Waals surface area contributed by atoms with Crippen LogP contribution in [0.3, 0.4) is 0 Å². The Hall–Kier alpha value is -0.650. The summed E-state index contributed by atoms with van der Waals surface area (Å²) < 4.78 is 9.52. The Balaban J connectivity index is 4.51. The van der Waals surface area contributed by atoms with Crippen molar-refractivity contribution in [3.8, 4) is 0 Å². The van der Waals surface area contributed by atoms with Crippen LogP contribution in [0.2, 0.25) is 0 Å². The number of carbonyl (C=O) groups is 1. The van der Waals surface area contributed by atoms with E-state index in [2.05, 4.69) is 10.1 Å². The van der Waals surface area contributed by atoms with Crippen LogP contribution in [0.15, 0.2) is 0 Å². The minimum Gasteiger partial charge on any atom is -0.468 e. The molecule has 0 radical (unpaired) electrons. The van der Waals surface area contributed by atoms with Gasteiger partial charge in [-0.1, -0.05) is 0 Å². The number of hydrogen-bond acceptors (Lipinski definition) is 5. The number of hydrogen-bond donors (Lipinski definition) is 2. The van der Waals surface area contributed by atoms with Crippen molar-refractivity contribution in [2.75, 3.05) is 21.0 Å². The molecular weight excluding hydrogens is 174 g/mol. The van der Waals surface area contributed by atoms with Gasteiger partial charge in [-0.2, -0.15) is 0 Å². The van der Waals surface area contributed by atoms with Gasteiger partial charge in [0.05, 0.1) is 13.2 Å². The first-order chi connectivity index (χ1) is 6.02. The van der Waals surface area contributed by atoms with Gasteiger partial charge in [0.1, 0.15) is 12.3 Å². The Labute approximate surface area is 78.0 Å². The molecule has 2 N–H and O–H groups in total. The number of carbonyl (C=O) groups excluding carboxylic acids is 1. The van der Waals surface area contributed by atoms with Crippen LogP contribution in [0.4, 0.5) is 0 Å². The van der Waals surface area contributed by atoms with Gasteiger partial charge in [-0.25, -0.2) is 4.79 Å². The number of methoxy groups -OCH3 is 1. The standard InChI is InChI=1S/C8H17NO4/c1-6(13-5-10)8(2,9-3)7(11)12-4/h6,9-10H,5H2,1-4H3/t6-,8?/m1/s1. The maximum atomic E-state index is 11.3. The lowest BCUT2D eigenvalue weighted by molar-refractivity contribution is -0.158. The lowest BCUT2D eigenvalue weighted by Crippen LogP contribution is -2.57. The van der Waals surface area contributed by atoms with E-state index in [-0.39, 0.29) is 0 Å². The van der Waals surface area contributed by atoms with Gasteiger partial charge in [0, 0.05) is 0 Å². The summed E-state index contributed by atoms with van der Waals surface area (Å²) in [4.78, 5) is 11.3. The fraction of sp³-hybridized carbons (Fsp3) is 0.875. The molecule has 0 heterocycles. The van der Waals surface area contributed by atoms with Crippen LogP contribution in [0.1, 0.15) is 13.8 Å². The van der Waals surface area contributed by atoms with Crippen molar-refractivity contribution in [3.05, 3.63) is 0 Å². The molecule has 0 aliphatic heterocycles. The minimum absolute atomic E-state index is 0.420. The van der Waals surface area contributed by atoms with Crippen LogP contribution in [0.5, 0.6) is 0 Å².